The molecular weight excluding hydrogens is 286 g/mol. The van der Waals surface area contributed by atoms with Crippen LogP contribution in [0.2, 0.25) is 5.02 Å². The number of nitrogen functional groups attached to an aromatic ring is 1. The Labute approximate surface area is 127 Å². The van der Waals surface area contributed by atoms with Gasteiger partial charge in [0.1, 0.15) is 17.8 Å². The average Bonchev–Trinajstić information content (AvgIpc) is 2.86. The molecule has 6 heteroatoms. The number of hydrogen-bond donors (Lipinski definition) is 1. The van der Waals surface area contributed by atoms with Gasteiger partial charge in [-0.3, -0.25) is 0 Å². The van der Waals surface area contributed by atoms with E-state index in [0.717, 1.165) is 41.7 Å². The first-order valence-corrected chi connectivity index (χ1v) is 7.31. The van der Waals surface area contributed by atoms with E-state index < -0.39 is 0 Å². The maximum Gasteiger partial charge on any atom is 0.163 e. The minimum absolute atomic E-state index is 0.452. The molecule has 0 saturated heterocycles. The lowest BCUT2D eigenvalue weighted by Crippen LogP contribution is -2.01. The molecule has 2 N–H and O–H groups in total. The zero-order valence-electron chi connectivity index (χ0n) is 11.8. The molecule has 2 heterocycles. The molecule has 0 saturated carbocycles. The van der Waals surface area contributed by atoms with Crippen molar-refractivity contribution in [1.82, 2.24) is 19.7 Å². The number of aryl methyl sites for hydroxylation is 1. The van der Waals surface area contributed by atoms with Gasteiger partial charge in [0.05, 0.1) is 5.39 Å². The van der Waals surface area contributed by atoms with Crippen LogP contribution in [0.15, 0.2) is 30.6 Å². The van der Waals surface area contributed by atoms with Crippen LogP contribution >= 0.6 is 11.6 Å². The van der Waals surface area contributed by atoms with Crippen molar-refractivity contribution in [2.75, 3.05) is 5.73 Å². The van der Waals surface area contributed by atoms with Crippen LogP contribution in [0.25, 0.3) is 22.3 Å². The molecule has 3 aromatic rings. The number of nitrogens with zero attached hydrogens (tertiary/aromatic N) is 4. The lowest BCUT2D eigenvalue weighted by Gasteiger charge is -2.00. The summed E-state index contributed by atoms with van der Waals surface area (Å²) in [7, 11) is 0. The summed E-state index contributed by atoms with van der Waals surface area (Å²) in [6.07, 6.45) is 3.62. The third-order valence-corrected chi connectivity index (χ3v) is 3.65. The molecule has 0 bridgehead atoms. The summed E-state index contributed by atoms with van der Waals surface area (Å²) in [5.41, 5.74) is 8.58. The van der Waals surface area contributed by atoms with Crippen molar-refractivity contribution >= 4 is 28.5 Å². The fourth-order valence-electron chi connectivity index (χ4n) is 2.30. The number of rotatable bonds is 4. The fraction of sp³-hybridized carbons (Fsp3) is 0.267. The maximum absolute atomic E-state index is 6.04. The molecule has 21 heavy (non-hydrogen) atoms. The van der Waals surface area contributed by atoms with Gasteiger partial charge >= 0.3 is 0 Å². The van der Waals surface area contributed by atoms with Gasteiger partial charge in [-0.1, -0.05) is 37.1 Å². The number of benzene rings is 1. The molecule has 0 unspecified atom stereocenters. The van der Waals surface area contributed by atoms with Gasteiger partial charge in [-0.15, -0.1) is 0 Å². The van der Waals surface area contributed by atoms with Crippen molar-refractivity contribution in [3.63, 3.8) is 0 Å². The smallest absolute Gasteiger partial charge is 0.163 e. The van der Waals surface area contributed by atoms with Crippen molar-refractivity contribution in [2.24, 2.45) is 0 Å². The van der Waals surface area contributed by atoms with Gasteiger partial charge in [-0.05, 0) is 18.6 Å². The van der Waals surface area contributed by atoms with E-state index in [-0.39, 0.29) is 0 Å². The van der Waals surface area contributed by atoms with E-state index in [1.165, 1.54) is 6.33 Å². The Kier molecular flexibility index (Phi) is 3.75. The molecule has 0 aliphatic heterocycles. The summed E-state index contributed by atoms with van der Waals surface area (Å²) in [6, 6.07) is 7.54. The van der Waals surface area contributed by atoms with Crippen LogP contribution in [0.3, 0.4) is 0 Å². The van der Waals surface area contributed by atoms with Crippen molar-refractivity contribution < 1.29 is 0 Å². The molecule has 1 aromatic carbocycles. The molecule has 5 nitrogen and oxygen atoms in total. The second-order valence-electron chi connectivity index (χ2n) is 4.89. The Hall–Kier alpha value is -2.14. The predicted molar refractivity (Wildman–Crippen MR) is 85.1 cm³/mol. The third kappa shape index (κ3) is 2.56. The van der Waals surface area contributed by atoms with Crippen molar-refractivity contribution in [3.05, 3.63) is 35.6 Å². The second-order valence-corrected chi connectivity index (χ2v) is 5.33. The summed E-state index contributed by atoms with van der Waals surface area (Å²) in [6.45, 7) is 2.96. The number of anilines is 1. The topological polar surface area (TPSA) is 69.6 Å². The Morgan fingerprint density at radius 1 is 1.19 bits per heavy atom. The Morgan fingerprint density at radius 2 is 1.95 bits per heavy atom. The lowest BCUT2D eigenvalue weighted by atomic mass is 10.1. The van der Waals surface area contributed by atoms with Crippen LogP contribution in [0.5, 0.6) is 0 Å². The van der Waals surface area contributed by atoms with E-state index in [4.69, 9.17) is 17.3 Å². The summed E-state index contributed by atoms with van der Waals surface area (Å²) >= 11 is 5.95. The molecule has 108 valence electrons. The zero-order valence-corrected chi connectivity index (χ0v) is 12.5. The first kappa shape index (κ1) is 13.8. The highest BCUT2D eigenvalue weighted by Crippen LogP contribution is 2.30. The van der Waals surface area contributed by atoms with E-state index in [2.05, 4.69) is 22.0 Å². The van der Waals surface area contributed by atoms with Gasteiger partial charge in [0.15, 0.2) is 5.65 Å². The van der Waals surface area contributed by atoms with Gasteiger partial charge in [0.25, 0.3) is 0 Å². The molecular formula is C15H16ClN5. The number of hydrogen-bond acceptors (Lipinski definition) is 4. The van der Waals surface area contributed by atoms with E-state index in [1.54, 1.807) is 0 Å². The number of unbranched alkanes of at least 4 members (excludes halogenated alkanes) is 1. The van der Waals surface area contributed by atoms with Crippen LogP contribution in [0.1, 0.15) is 19.8 Å². The maximum atomic E-state index is 6.04. The molecule has 0 radical (unpaired) electrons. The summed E-state index contributed by atoms with van der Waals surface area (Å²) in [5, 5.41) is 6.17. The lowest BCUT2D eigenvalue weighted by molar-refractivity contribution is 0.585. The Bertz CT molecular complexity index is 764. The largest absolute Gasteiger partial charge is 0.383 e. The van der Waals surface area contributed by atoms with Crippen LogP contribution in [0.4, 0.5) is 5.82 Å². The fourth-order valence-corrected chi connectivity index (χ4v) is 2.43. The summed E-state index contributed by atoms with van der Waals surface area (Å²) in [4.78, 5) is 8.43. The van der Waals surface area contributed by atoms with Gasteiger partial charge in [-0.2, -0.15) is 5.10 Å². The highest BCUT2D eigenvalue weighted by atomic mass is 35.5. The van der Waals surface area contributed by atoms with Crippen LogP contribution in [-0.2, 0) is 6.54 Å². The molecule has 0 atom stereocenters. The van der Waals surface area contributed by atoms with Crippen molar-refractivity contribution in [1.29, 1.82) is 0 Å². The van der Waals surface area contributed by atoms with Gasteiger partial charge in [0, 0.05) is 17.1 Å². The molecule has 3 rings (SSSR count). The molecule has 0 fully saturated rings. The normalized spacial score (nSPS) is 11.1. The van der Waals surface area contributed by atoms with Gasteiger partial charge in [0.2, 0.25) is 0 Å². The number of aromatic nitrogens is 4. The summed E-state index contributed by atoms with van der Waals surface area (Å²) < 4.78 is 1.90. The first-order chi connectivity index (χ1) is 10.2. The highest BCUT2D eigenvalue weighted by Gasteiger charge is 2.16. The highest BCUT2D eigenvalue weighted by molar-refractivity contribution is 6.30. The third-order valence-electron chi connectivity index (χ3n) is 3.40. The molecule has 0 aliphatic rings. The van der Waals surface area contributed by atoms with Gasteiger partial charge in [-0.25, -0.2) is 14.6 Å². The average molecular weight is 302 g/mol. The van der Waals surface area contributed by atoms with Gasteiger partial charge < -0.3 is 5.73 Å². The molecule has 2 aromatic heterocycles. The number of fused-ring (bicyclic) bond motifs is 1. The molecule has 0 aliphatic carbocycles. The zero-order chi connectivity index (χ0) is 14.8. The summed E-state index contributed by atoms with van der Waals surface area (Å²) in [5.74, 6) is 0.452. The monoisotopic (exact) mass is 301 g/mol. The number of halogens is 1. The molecule has 0 amide bonds. The Morgan fingerprint density at radius 3 is 2.67 bits per heavy atom. The van der Waals surface area contributed by atoms with E-state index in [0.29, 0.717) is 10.8 Å². The quantitative estimate of drug-likeness (QED) is 0.800. The van der Waals surface area contributed by atoms with Crippen molar-refractivity contribution in [3.8, 4) is 11.3 Å². The minimum Gasteiger partial charge on any atom is -0.383 e. The van der Waals surface area contributed by atoms with E-state index >= 15 is 0 Å². The van der Waals surface area contributed by atoms with Crippen LogP contribution in [0, 0.1) is 0 Å². The standard InChI is InChI=1S/C15H16ClN5/c1-2-3-8-21-15-12(14(17)18-9-19-15)13(20-21)10-4-6-11(16)7-5-10/h4-7,9H,2-3,8H2,1H3,(H2,17,18,19). The first-order valence-electron chi connectivity index (χ1n) is 6.93. The predicted octanol–water partition coefficient (Wildman–Crippen LogP) is 3.53. The second kappa shape index (κ2) is 5.69. The van der Waals surface area contributed by atoms with E-state index in [1.807, 2.05) is 28.9 Å². The molecule has 0 spiro atoms. The Balaban J connectivity index is 2.19. The number of nitrogens with two attached hydrogens (primary N) is 1. The van der Waals surface area contributed by atoms with Crippen LogP contribution < -0.4 is 5.73 Å². The van der Waals surface area contributed by atoms with E-state index in [9.17, 15) is 0 Å². The van der Waals surface area contributed by atoms with Crippen LogP contribution in [-0.4, -0.2) is 19.7 Å². The van der Waals surface area contributed by atoms with Crippen molar-refractivity contribution in [2.45, 2.75) is 26.3 Å². The SMILES string of the molecule is CCCCn1nc(-c2ccc(Cl)cc2)c2c(N)ncnc21. The minimum atomic E-state index is 0.452.